The van der Waals surface area contributed by atoms with E-state index in [1.54, 1.807) is 0 Å². The number of ether oxygens (including phenoxy) is 1. The van der Waals surface area contributed by atoms with E-state index >= 15 is 0 Å². The average molecular weight is 371 g/mol. The van der Waals surface area contributed by atoms with E-state index < -0.39 is 0 Å². The fourth-order valence-electron chi connectivity index (χ4n) is 5.86. The van der Waals surface area contributed by atoms with Crippen molar-refractivity contribution >= 4 is 11.7 Å². The molecule has 27 heavy (non-hydrogen) atoms. The molecular weight excluding hydrogens is 336 g/mol. The molecule has 3 aliphatic rings. The first-order chi connectivity index (χ1) is 12.9. The minimum absolute atomic E-state index is 0.00709. The van der Waals surface area contributed by atoms with Crippen LogP contribution < -0.4 is 4.90 Å². The normalized spacial score (nSPS) is 32.6. The zero-order valence-corrected chi connectivity index (χ0v) is 17.1. The highest BCUT2D eigenvalue weighted by molar-refractivity contribution is 5.70. The molecule has 0 amide bonds. The van der Waals surface area contributed by atoms with Crippen molar-refractivity contribution in [1.29, 1.82) is 0 Å². The van der Waals surface area contributed by atoms with E-state index in [0.29, 0.717) is 12.3 Å². The number of carbonyl (C=O) groups is 1. The van der Waals surface area contributed by atoms with Gasteiger partial charge in [-0.05, 0) is 37.3 Å². The minimum Gasteiger partial charge on any atom is -0.461 e. The second-order valence-electron chi connectivity index (χ2n) is 9.70. The van der Waals surface area contributed by atoms with Crippen molar-refractivity contribution in [3.63, 3.8) is 0 Å². The van der Waals surface area contributed by atoms with Crippen LogP contribution in [0.1, 0.15) is 46.5 Å². The molecule has 1 aromatic carbocycles. The Kier molecular flexibility index (Phi) is 4.96. The molecule has 148 valence electrons. The predicted molar refractivity (Wildman–Crippen MR) is 109 cm³/mol. The Morgan fingerprint density at radius 1 is 1.11 bits per heavy atom. The first kappa shape index (κ1) is 18.8. The van der Waals surface area contributed by atoms with E-state index in [9.17, 15) is 4.79 Å². The molecule has 1 heterocycles. The minimum atomic E-state index is -0.00709. The van der Waals surface area contributed by atoms with Gasteiger partial charge in [-0.25, -0.2) is 0 Å². The number of benzene rings is 1. The highest BCUT2D eigenvalue weighted by Gasteiger charge is 2.61. The van der Waals surface area contributed by atoms with Gasteiger partial charge in [0.2, 0.25) is 0 Å². The van der Waals surface area contributed by atoms with E-state index in [2.05, 4.69) is 60.9 Å². The summed E-state index contributed by atoms with van der Waals surface area (Å²) in [6.45, 7) is 11.8. The molecule has 1 saturated heterocycles. The quantitative estimate of drug-likeness (QED) is 0.735. The van der Waals surface area contributed by atoms with Crippen LogP contribution in [0.15, 0.2) is 30.3 Å². The lowest BCUT2D eigenvalue weighted by molar-refractivity contribution is -0.165. The number of nitrogens with zero attached hydrogens (tertiary/aromatic N) is 2. The number of anilines is 1. The molecule has 4 rings (SSSR count). The summed E-state index contributed by atoms with van der Waals surface area (Å²) in [5, 5.41) is 0. The molecule has 0 spiro atoms. The van der Waals surface area contributed by atoms with Crippen LogP contribution in [0.25, 0.3) is 0 Å². The Hall–Kier alpha value is -1.55. The molecule has 4 nitrogen and oxygen atoms in total. The van der Waals surface area contributed by atoms with Crippen LogP contribution in [0.5, 0.6) is 0 Å². The van der Waals surface area contributed by atoms with Gasteiger partial charge >= 0.3 is 5.97 Å². The Balaban J connectivity index is 1.24. The number of hydrogen-bond donors (Lipinski definition) is 0. The van der Waals surface area contributed by atoms with Gasteiger partial charge in [-0.3, -0.25) is 9.69 Å². The van der Waals surface area contributed by atoms with E-state index in [-0.39, 0.29) is 22.9 Å². The van der Waals surface area contributed by atoms with Crippen molar-refractivity contribution in [2.24, 2.45) is 16.7 Å². The second-order valence-corrected chi connectivity index (χ2v) is 9.70. The van der Waals surface area contributed by atoms with Crippen molar-refractivity contribution in [3.05, 3.63) is 30.3 Å². The highest BCUT2D eigenvalue weighted by atomic mass is 16.5. The molecule has 2 saturated carbocycles. The summed E-state index contributed by atoms with van der Waals surface area (Å²) in [5.41, 5.74) is 1.62. The lowest BCUT2D eigenvalue weighted by Crippen LogP contribution is -2.47. The summed E-state index contributed by atoms with van der Waals surface area (Å²) < 4.78 is 6.07. The van der Waals surface area contributed by atoms with Crippen molar-refractivity contribution in [2.45, 2.75) is 52.6 Å². The van der Waals surface area contributed by atoms with Crippen molar-refractivity contribution < 1.29 is 9.53 Å². The van der Waals surface area contributed by atoms with Gasteiger partial charge in [0.05, 0.1) is 6.42 Å². The molecule has 3 atom stereocenters. The molecular formula is C23H34N2O2. The Morgan fingerprint density at radius 3 is 2.44 bits per heavy atom. The molecule has 1 aliphatic heterocycles. The number of carbonyl (C=O) groups excluding carboxylic acids is 1. The molecule has 1 aromatic rings. The first-order valence-corrected chi connectivity index (χ1v) is 10.6. The Labute approximate surface area is 163 Å². The number of esters is 1. The maximum absolute atomic E-state index is 12.6. The van der Waals surface area contributed by atoms with Gasteiger partial charge in [0.15, 0.2) is 0 Å². The third kappa shape index (κ3) is 3.61. The van der Waals surface area contributed by atoms with Crippen molar-refractivity contribution in [2.75, 3.05) is 37.6 Å². The van der Waals surface area contributed by atoms with E-state index in [1.165, 1.54) is 24.9 Å². The number of para-hydroxylation sites is 1. The third-order valence-electron chi connectivity index (χ3n) is 7.51. The molecule has 4 heteroatoms. The maximum Gasteiger partial charge on any atom is 0.307 e. The molecule has 0 unspecified atom stereocenters. The standard InChI is InChI=1S/C23H34N2O2/c1-22(2)18-9-11-23(3,17-18)21(22)27-20(26)10-12-24-13-15-25(16-14-24)19-7-5-4-6-8-19/h4-8,18,21H,9-17H2,1-3H3/t18-,21-,23+/m0/s1. The van der Waals surface area contributed by atoms with Crippen LogP contribution >= 0.6 is 0 Å². The van der Waals surface area contributed by atoms with Gasteiger partial charge < -0.3 is 9.64 Å². The van der Waals surface area contributed by atoms with E-state index in [0.717, 1.165) is 32.7 Å². The van der Waals surface area contributed by atoms with Gasteiger partial charge in [0, 0.05) is 49.2 Å². The lowest BCUT2D eigenvalue weighted by atomic mass is 9.70. The molecule has 2 bridgehead atoms. The SMILES string of the molecule is CC1(C)[C@H]2CC[C@](C)(C2)[C@H]1OC(=O)CCN1CCN(c2ccccc2)CC1. The molecule has 0 aromatic heterocycles. The molecule has 0 radical (unpaired) electrons. The highest BCUT2D eigenvalue weighted by Crippen LogP contribution is 2.63. The largest absolute Gasteiger partial charge is 0.461 e. The number of hydrogen-bond acceptors (Lipinski definition) is 4. The van der Waals surface area contributed by atoms with Gasteiger partial charge in [0.1, 0.15) is 6.10 Å². The maximum atomic E-state index is 12.6. The van der Waals surface area contributed by atoms with Crippen LogP contribution in [0.2, 0.25) is 0 Å². The van der Waals surface area contributed by atoms with Crippen LogP contribution in [0.4, 0.5) is 5.69 Å². The summed E-state index contributed by atoms with van der Waals surface area (Å²) in [6.07, 6.45) is 4.33. The van der Waals surface area contributed by atoms with Crippen LogP contribution in [-0.2, 0) is 9.53 Å². The van der Waals surface area contributed by atoms with Crippen molar-refractivity contribution in [3.8, 4) is 0 Å². The predicted octanol–water partition coefficient (Wildman–Crippen LogP) is 3.96. The number of rotatable bonds is 5. The fourth-order valence-corrected chi connectivity index (χ4v) is 5.86. The lowest BCUT2D eigenvalue weighted by Gasteiger charge is -2.42. The summed E-state index contributed by atoms with van der Waals surface area (Å²) in [4.78, 5) is 17.4. The summed E-state index contributed by atoms with van der Waals surface area (Å²) >= 11 is 0. The third-order valence-corrected chi connectivity index (χ3v) is 7.51. The molecule has 3 fully saturated rings. The number of piperazine rings is 1. The average Bonchev–Trinajstić information content (AvgIpc) is 3.16. The zero-order chi connectivity index (χ0) is 19.1. The van der Waals surface area contributed by atoms with Crippen LogP contribution in [0, 0.1) is 16.7 Å². The van der Waals surface area contributed by atoms with E-state index in [1.807, 2.05) is 0 Å². The summed E-state index contributed by atoms with van der Waals surface area (Å²) in [6, 6.07) is 10.6. The topological polar surface area (TPSA) is 32.8 Å². The summed E-state index contributed by atoms with van der Waals surface area (Å²) in [7, 11) is 0. The Morgan fingerprint density at radius 2 is 1.81 bits per heavy atom. The van der Waals surface area contributed by atoms with Crippen LogP contribution in [0.3, 0.4) is 0 Å². The van der Waals surface area contributed by atoms with E-state index in [4.69, 9.17) is 4.74 Å². The van der Waals surface area contributed by atoms with Gasteiger partial charge in [-0.1, -0.05) is 39.0 Å². The van der Waals surface area contributed by atoms with Gasteiger partial charge in [0.25, 0.3) is 0 Å². The second kappa shape index (κ2) is 7.12. The van der Waals surface area contributed by atoms with Gasteiger partial charge in [-0.2, -0.15) is 0 Å². The Bertz CT molecular complexity index is 661. The molecule has 2 aliphatic carbocycles. The summed E-state index contributed by atoms with van der Waals surface area (Å²) in [5.74, 6) is 0.707. The molecule has 0 N–H and O–H groups in total. The smallest absolute Gasteiger partial charge is 0.307 e. The van der Waals surface area contributed by atoms with Crippen LogP contribution in [-0.4, -0.2) is 49.7 Å². The monoisotopic (exact) mass is 370 g/mol. The zero-order valence-electron chi connectivity index (χ0n) is 17.1. The first-order valence-electron chi connectivity index (χ1n) is 10.6. The number of fused-ring (bicyclic) bond motifs is 2. The fraction of sp³-hybridized carbons (Fsp3) is 0.696. The van der Waals surface area contributed by atoms with Crippen molar-refractivity contribution in [1.82, 2.24) is 4.90 Å². The van der Waals surface area contributed by atoms with Gasteiger partial charge in [-0.15, -0.1) is 0 Å².